The van der Waals surface area contributed by atoms with Gasteiger partial charge in [0.05, 0.1) is 0 Å². The molecular weight excluding hydrogens is 325 g/mol. The van der Waals surface area contributed by atoms with E-state index >= 15 is 0 Å². The SMILES string of the molecule is O.O.O=C[O-].O=C[O-].O=C[O-].O=C[O-].[Ni+2].[Ni+2]. The molecule has 0 radical (unpaired) electrons. The minimum atomic E-state index is -0.500. The molecule has 0 fully saturated rings. The predicted octanol–water partition coefficient (Wildman–Crippen LogP) is -8.19. The van der Waals surface area contributed by atoms with Crippen molar-refractivity contribution >= 4 is 25.9 Å². The van der Waals surface area contributed by atoms with Crippen LogP contribution in [0.15, 0.2) is 0 Å². The summed E-state index contributed by atoms with van der Waals surface area (Å²) in [5.41, 5.74) is 0. The standard InChI is InChI=1S/4CH2O2.2Ni.2H2O/c4*2-1-3;;;;/h4*1H,(H,2,3);;;2*1H2/q;;;;2*+2;;/p-4. The van der Waals surface area contributed by atoms with Gasteiger partial charge in [0, 0.05) is 25.9 Å². The zero-order chi connectivity index (χ0) is 10.8. The van der Waals surface area contributed by atoms with Crippen LogP contribution in [0.25, 0.3) is 0 Å². The largest absolute Gasteiger partial charge is 2.00 e. The second-order valence-electron chi connectivity index (χ2n) is 0.385. The summed E-state index contributed by atoms with van der Waals surface area (Å²) in [4.78, 5) is 33.0. The topological polar surface area (TPSA) is 224 Å². The van der Waals surface area contributed by atoms with E-state index in [-0.39, 0.29) is 43.9 Å². The van der Waals surface area contributed by atoms with Gasteiger partial charge in [-0.2, -0.15) is 0 Å². The molecule has 0 amide bonds. The van der Waals surface area contributed by atoms with Gasteiger partial charge in [-0.05, 0) is 0 Å². The molecule has 0 unspecified atom stereocenters. The summed E-state index contributed by atoms with van der Waals surface area (Å²) in [7, 11) is 0. The molecule has 0 aromatic rings. The second-order valence-corrected chi connectivity index (χ2v) is 0.385. The molecule has 0 aromatic heterocycles. The van der Waals surface area contributed by atoms with Crippen LogP contribution in [0.5, 0.6) is 0 Å². The fraction of sp³-hybridized carbons (Fsp3) is 0. The van der Waals surface area contributed by atoms with Crippen LogP contribution in [0.1, 0.15) is 0 Å². The Hall–Kier alpha value is -1.21. The van der Waals surface area contributed by atoms with Crippen LogP contribution in [0.4, 0.5) is 0 Å². The molecule has 16 heavy (non-hydrogen) atoms. The number of hydrogen-bond donors (Lipinski definition) is 0. The molecule has 0 aliphatic carbocycles. The monoisotopic (exact) mass is 332 g/mol. The summed E-state index contributed by atoms with van der Waals surface area (Å²) in [5, 5.41) is 33.0. The zero-order valence-electron chi connectivity index (χ0n) is 7.21. The molecule has 12 heteroatoms. The van der Waals surface area contributed by atoms with Gasteiger partial charge in [0.25, 0.3) is 0 Å². The van der Waals surface area contributed by atoms with Crippen LogP contribution in [0.2, 0.25) is 0 Å². The van der Waals surface area contributed by atoms with Crippen molar-refractivity contribution in [2.45, 2.75) is 0 Å². The molecule has 0 saturated carbocycles. The molecule has 0 spiro atoms. The first-order valence-corrected chi connectivity index (χ1v) is 1.89. The molecule has 0 heterocycles. The molecule has 10 nitrogen and oxygen atoms in total. The number of carbonyl (C=O) groups is 4. The second kappa shape index (κ2) is 290. The van der Waals surface area contributed by atoms with Crippen molar-refractivity contribution in [2.75, 3.05) is 0 Å². The Labute approximate surface area is 110 Å². The fourth-order valence-electron chi connectivity index (χ4n) is 0. The Morgan fingerprint density at radius 3 is 0.500 bits per heavy atom. The quantitative estimate of drug-likeness (QED) is 0.304. The van der Waals surface area contributed by atoms with Crippen molar-refractivity contribution in [3.8, 4) is 0 Å². The van der Waals surface area contributed by atoms with Gasteiger partial charge in [-0.1, -0.05) is 0 Å². The van der Waals surface area contributed by atoms with Crippen LogP contribution in [0, 0.1) is 0 Å². The van der Waals surface area contributed by atoms with E-state index < -0.39 is 25.9 Å². The molecule has 4 N–H and O–H groups in total. The minimum absolute atomic E-state index is 0. The molecule has 0 aromatic carbocycles. The van der Waals surface area contributed by atoms with E-state index in [0.29, 0.717) is 0 Å². The van der Waals surface area contributed by atoms with Crippen molar-refractivity contribution in [3.05, 3.63) is 0 Å². The van der Waals surface area contributed by atoms with E-state index in [2.05, 4.69) is 0 Å². The van der Waals surface area contributed by atoms with Gasteiger partial charge in [0.15, 0.2) is 0 Å². The molecular formula is C4H8Ni2O10. The van der Waals surface area contributed by atoms with Crippen molar-refractivity contribution in [2.24, 2.45) is 0 Å². The maximum Gasteiger partial charge on any atom is 2.00 e. The van der Waals surface area contributed by atoms with E-state index in [4.69, 9.17) is 39.6 Å². The fourth-order valence-corrected chi connectivity index (χ4v) is 0. The molecule has 0 atom stereocenters. The van der Waals surface area contributed by atoms with E-state index in [1.54, 1.807) is 0 Å². The summed E-state index contributed by atoms with van der Waals surface area (Å²) in [6.07, 6.45) is 0. The molecule has 104 valence electrons. The van der Waals surface area contributed by atoms with E-state index in [0.717, 1.165) is 0 Å². The van der Waals surface area contributed by atoms with Crippen molar-refractivity contribution in [3.63, 3.8) is 0 Å². The van der Waals surface area contributed by atoms with Gasteiger partial charge in [0.1, 0.15) is 0 Å². The van der Waals surface area contributed by atoms with Crippen LogP contribution in [-0.2, 0) is 52.2 Å². The average Bonchev–Trinajstić information content (AvgIpc) is 1.92. The van der Waals surface area contributed by atoms with E-state index in [1.807, 2.05) is 0 Å². The summed E-state index contributed by atoms with van der Waals surface area (Å²) in [6, 6.07) is 0. The number of hydrogen-bond acceptors (Lipinski definition) is 8. The Bertz CT molecular complexity index is 74.8. The molecule has 0 aliphatic rings. The van der Waals surface area contributed by atoms with Crippen LogP contribution >= 0.6 is 0 Å². The van der Waals surface area contributed by atoms with Gasteiger partial charge in [0.2, 0.25) is 0 Å². The Morgan fingerprint density at radius 2 is 0.500 bits per heavy atom. The van der Waals surface area contributed by atoms with Crippen LogP contribution in [-0.4, -0.2) is 36.8 Å². The first-order chi connectivity index (χ1) is 5.66. The smallest absolute Gasteiger partial charge is 0.554 e. The summed E-state index contributed by atoms with van der Waals surface area (Å²) in [6.45, 7) is -2.00. The third kappa shape index (κ3) is 1210. The Kier molecular flexibility index (Phi) is 1110. The summed E-state index contributed by atoms with van der Waals surface area (Å²) >= 11 is 0. The molecule has 0 rings (SSSR count). The van der Waals surface area contributed by atoms with Crippen molar-refractivity contribution < 1.29 is 83.5 Å². The van der Waals surface area contributed by atoms with Crippen molar-refractivity contribution in [1.29, 1.82) is 0 Å². The first-order valence-electron chi connectivity index (χ1n) is 1.89. The number of carbonyl (C=O) groups excluding carboxylic acids is 4. The van der Waals surface area contributed by atoms with E-state index in [1.165, 1.54) is 0 Å². The normalized spacial score (nSPS) is 3.00. The van der Waals surface area contributed by atoms with Gasteiger partial charge < -0.3 is 50.6 Å². The van der Waals surface area contributed by atoms with Gasteiger partial charge >= 0.3 is 33.0 Å². The minimum Gasteiger partial charge on any atom is -0.554 e. The number of carboxylic acid groups (broad SMARTS) is 4. The Balaban J connectivity index is -0.00000000821. The Morgan fingerprint density at radius 1 is 0.500 bits per heavy atom. The maximum atomic E-state index is 8.25. The van der Waals surface area contributed by atoms with Gasteiger partial charge in [-0.25, -0.2) is 0 Å². The van der Waals surface area contributed by atoms with Crippen LogP contribution < -0.4 is 20.4 Å². The zero-order valence-corrected chi connectivity index (χ0v) is 9.18. The average molecular weight is 333 g/mol. The third-order valence-corrected chi connectivity index (χ3v) is 0. The molecule has 0 aliphatic heterocycles. The van der Waals surface area contributed by atoms with Crippen molar-refractivity contribution in [1.82, 2.24) is 0 Å². The predicted molar refractivity (Wildman–Crippen MR) is 31.5 cm³/mol. The molecule has 0 bridgehead atoms. The summed E-state index contributed by atoms with van der Waals surface area (Å²) < 4.78 is 0. The van der Waals surface area contributed by atoms with E-state index in [9.17, 15) is 0 Å². The first kappa shape index (κ1) is 61.0. The van der Waals surface area contributed by atoms with Gasteiger partial charge in [-0.15, -0.1) is 0 Å². The molecule has 0 saturated heterocycles. The third-order valence-electron chi connectivity index (χ3n) is 0. The number of rotatable bonds is 0. The maximum absolute atomic E-state index is 8.25. The summed E-state index contributed by atoms with van der Waals surface area (Å²) in [5.74, 6) is 0. The van der Waals surface area contributed by atoms with Crippen LogP contribution in [0.3, 0.4) is 0 Å². The van der Waals surface area contributed by atoms with Gasteiger partial charge in [-0.3, -0.25) is 0 Å².